The molecule has 12 heteroatoms. The molecule has 3 rings (SSSR count). The zero-order valence-corrected chi connectivity index (χ0v) is 19.9. The molecule has 0 fully saturated rings. The van der Waals surface area contributed by atoms with E-state index in [0.717, 1.165) is 0 Å². The summed E-state index contributed by atoms with van der Waals surface area (Å²) in [5.41, 5.74) is 0.754. The van der Waals surface area contributed by atoms with Gasteiger partial charge in [0.15, 0.2) is 0 Å². The molecular formula is C24H26N4O8. The number of esters is 1. The highest BCUT2D eigenvalue weighted by Crippen LogP contribution is 2.30. The molecule has 0 saturated heterocycles. The fourth-order valence-electron chi connectivity index (χ4n) is 4.13. The van der Waals surface area contributed by atoms with Crippen LogP contribution in [-0.4, -0.2) is 59.3 Å². The minimum Gasteiger partial charge on any atom is -0.466 e. The van der Waals surface area contributed by atoms with Gasteiger partial charge in [0.25, 0.3) is 17.3 Å². The van der Waals surface area contributed by atoms with E-state index in [1.807, 2.05) is 0 Å². The van der Waals surface area contributed by atoms with Crippen molar-refractivity contribution in [2.24, 2.45) is 0 Å². The van der Waals surface area contributed by atoms with E-state index in [2.05, 4.69) is 0 Å². The highest BCUT2D eigenvalue weighted by molar-refractivity contribution is 6.09. The average molecular weight is 498 g/mol. The molecule has 1 atom stereocenters. The molecule has 1 aliphatic heterocycles. The molecule has 0 aromatic heterocycles. The van der Waals surface area contributed by atoms with E-state index in [1.165, 1.54) is 47.2 Å². The summed E-state index contributed by atoms with van der Waals surface area (Å²) in [5.74, 6) is -1.57. The number of rotatable bonds is 10. The standard InChI is InChI=1S/C24H26N4O8/c1-3-36-23(30)13-17(16-6-8-18(9-7-16)27(32)33)5-4-12-26-15-22(29)25(2)21-11-10-19(28(34)35)14-20(21)24(26)31/h6-11,14,17H,3-5,12-13,15H2,1-2H3/t17-/m0/s1. The Bertz CT molecular complexity index is 1180. The van der Waals surface area contributed by atoms with Crippen molar-refractivity contribution in [2.45, 2.75) is 32.1 Å². The topological polar surface area (TPSA) is 153 Å². The summed E-state index contributed by atoms with van der Waals surface area (Å²) in [7, 11) is 1.51. The molecule has 36 heavy (non-hydrogen) atoms. The number of fused-ring (bicyclic) bond motifs is 1. The highest BCUT2D eigenvalue weighted by Gasteiger charge is 2.31. The lowest BCUT2D eigenvalue weighted by molar-refractivity contribution is -0.385. The Labute approximate surface area is 206 Å². The summed E-state index contributed by atoms with van der Waals surface area (Å²) in [5, 5.41) is 22.2. The fourth-order valence-corrected chi connectivity index (χ4v) is 4.13. The number of amides is 2. The lowest BCUT2D eigenvalue weighted by atomic mass is 9.91. The first-order valence-electron chi connectivity index (χ1n) is 11.4. The van der Waals surface area contributed by atoms with Gasteiger partial charge in [-0.25, -0.2) is 0 Å². The second kappa shape index (κ2) is 11.4. The van der Waals surface area contributed by atoms with Gasteiger partial charge < -0.3 is 14.5 Å². The van der Waals surface area contributed by atoms with Gasteiger partial charge in [-0.15, -0.1) is 0 Å². The van der Waals surface area contributed by atoms with Gasteiger partial charge in [-0.3, -0.25) is 34.6 Å². The third-order valence-electron chi connectivity index (χ3n) is 6.04. The zero-order valence-electron chi connectivity index (χ0n) is 19.9. The molecule has 0 saturated carbocycles. The Kier molecular flexibility index (Phi) is 8.30. The lowest BCUT2D eigenvalue weighted by Gasteiger charge is -2.22. The summed E-state index contributed by atoms with van der Waals surface area (Å²) in [6.45, 7) is 1.89. The molecule has 2 aromatic rings. The molecule has 1 aliphatic rings. The number of hydrogen-bond donors (Lipinski definition) is 0. The number of benzene rings is 2. The first-order valence-corrected chi connectivity index (χ1v) is 11.4. The molecule has 0 bridgehead atoms. The van der Waals surface area contributed by atoms with E-state index < -0.39 is 21.7 Å². The minimum absolute atomic E-state index is 0.0519. The molecule has 2 aromatic carbocycles. The molecule has 0 unspecified atom stereocenters. The second-order valence-corrected chi connectivity index (χ2v) is 8.33. The number of likely N-dealkylation sites (N-methyl/N-ethyl adjacent to an activating group) is 1. The van der Waals surface area contributed by atoms with Crippen molar-refractivity contribution in [3.8, 4) is 0 Å². The van der Waals surface area contributed by atoms with E-state index in [9.17, 15) is 34.6 Å². The Balaban J connectivity index is 1.77. The van der Waals surface area contributed by atoms with E-state index in [0.29, 0.717) is 24.1 Å². The number of anilines is 1. The largest absolute Gasteiger partial charge is 0.466 e. The maximum Gasteiger partial charge on any atom is 0.306 e. The van der Waals surface area contributed by atoms with Gasteiger partial charge in [-0.05, 0) is 37.3 Å². The van der Waals surface area contributed by atoms with Crippen molar-refractivity contribution in [1.29, 1.82) is 0 Å². The molecule has 190 valence electrons. The van der Waals surface area contributed by atoms with Crippen LogP contribution < -0.4 is 4.90 Å². The van der Waals surface area contributed by atoms with Crippen LogP contribution in [0.5, 0.6) is 0 Å². The van der Waals surface area contributed by atoms with Crippen molar-refractivity contribution >= 4 is 34.8 Å². The Morgan fingerprint density at radius 1 is 1.06 bits per heavy atom. The number of carbonyl (C=O) groups excluding carboxylic acids is 3. The SMILES string of the molecule is CCOC(=O)C[C@H](CCCN1CC(=O)N(C)c2ccc([N+](=O)[O-])cc2C1=O)c1ccc([N+](=O)[O-])cc1. The molecule has 0 radical (unpaired) electrons. The van der Waals surface area contributed by atoms with Crippen LogP contribution in [0.1, 0.15) is 48.0 Å². The molecular weight excluding hydrogens is 472 g/mol. The number of carbonyl (C=O) groups is 3. The summed E-state index contributed by atoms with van der Waals surface area (Å²) in [4.78, 5) is 61.7. The lowest BCUT2D eigenvalue weighted by Crippen LogP contribution is -2.38. The second-order valence-electron chi connectivity index (χ2n) is 8.33. The quantitative estimate of drug-likeness (QED) is 0.274. The zero-order chi connectivity index (χ0) is 26.4. The van der Waals surface area contributed by atoms with Crippen LogP contribution in [0, 0.1) is 20.2 Å². The van der Waals surface area contributed by atoms with Gasteiger partial charge in [-0.2, -0.15) is 0 Å². The third-order valence-corrected chi connectivity index (χ3v) is 6.04. The van der Waals surface area contributed by atoms with E-state index in [1.54, 1.807) is 19.1 Å². The van der Waals surface area contributed by atoms with Crippen LogP contribution in [0.4, 0.5) is 17.1 Å². The predicted octanol–water partition coefficient (Wildman–Crippen LogP) is 3.44. The Hall–Kier alpha value is -4.35. The number of non-ortho nitro benzene ring substituents is 2. The number of nitro benzene ring substituents is 2. The summed E-state index contributed by atoms with van der Waals surface area (Å²) in [6, 6.07) is 9.71. The first kappa shape index (κ1) is 26.3. The normalized spacial score (nSPS) is 14.2. The molecule has 2 amide bonds. The summed E-state index contributed by atoms with van der Waals surface area (Å²) < 4.78 is 5.06. The van der Waals surface area contributed by atoms with Gasteiger partial charge in [0.2, 0.25) is 5.91 Å². The van der Waals surface area contributed by atoms with E-state index >= 15 is 0 Å². The predicted molar refractivity (Wildman–Crippen MR) is 129 cm³/mol. The number of ether oxygens (including phenoxy) is 1. The third kappa shape index (κ3) is 6.01. The van der Waals surface area contributed by atoms with Gasteiger partial charge in [-0.1, -0.05) is 12.1 Å². The molecule has 12 nitrogen and oxygen atoms in total. The van der Waals surface area contributed by atoms with Crippen molar-refractivity contribution in [2.75, 3.05) is 31.6 Å². The van der Waals surface area contributed by atoms with Crippen LogP contribution in [0.3, 0.4) is 0 Å². The maximum atomic E-state index is 13.2. The summed E-state index contributed by atoms with van der Waals surface area (Å²) in [6.07, 6.45) is 0.899. The van der Waals surface area contributed by atoms with Crippen molar-refractivity contribution in [1.82, 2.24) is 4.90 Å². The van der Waals surface area contributed by atoms with Crippen LogP contribution in [0.25, 0.3) is 0 Å². The van der Waals surface area contributed by atoms with E-state index in [4.69, 9.17) is 4.74 Å². The monoisotopic (exact) mass is 498 g/mol. The number of hydrogen-bond acceptors (Lipinski definition) is 8. The molecule has 0 N–H and O–H groups in total. The highest BCUT2D eigenvalue weighted by atomic mass is 16.6. The summed E-state index contributed by atoms with van der Waals surface area (Å²) >= 11 is 0. The Morgan fingerprint density at radius 3 is 2.31 bits per heavy atom. The first-order chi connectivity index (χ1) is 17.1. The van der Waals surface area contributed by atoms with Gasteiger partial charge in [0.05, 0.1) is 34.1 Å². The van der Waals surface area contributed by atoms with Crippen LogP contribution in [-0.2, 0) is 14.3 Å². The maximum absolute atomic E-state index is 13.2. The molecule has 0 spiro atoms. The van der Waals surface area contributed by atoms with Gasteiger partial charge in [0.1, 0.15) is 6.54 Å². The van der Waals surface area contributed by atoms with Crippen molar-refractivity contribution in [3.05, 3.63) is 73.8 Å². The fraction of sp³-hybridized carbons (Fsp3) is 0.375. The van der Waals surface area contributed by atoms with Crippen LogP contribution >= 0.6 is 0 Å². The number of nitrogens with zero attached hydrogens (tertiary/aromatic N) is 4. The van der Waals surface area contributed by atoms with Gasteiger partial charge in [0, 0.05) is 37.9 Å². The molecule has 1 heterocycles. The molecule has 0 aliphatic carbocycles. The minimum atomic E-state index is -0.602. The average Bonchev–Trinajstić information content (AvgIpc) is 2.94. The van der Waals surface area contributed by atoms with Gasteiger partial charge >= 0.3 is 5.97 Å². The van der Waals surface area contributed by atoms with Crippen molar-refractivity contribution in [3.63, 3.8) is 0 Å². The van der Waals surface area contributed by atoms with E-state index in [-0.39, 0.29) is 54.9 Å². The smallest absolute Gasteiger partial charge is 0.306 e. The van der Waals surface area contributed by atoms with Crippen LogP contribution in [0.2, 0.25) is 0 Å². The number of nitro groups is 2. The van der Waals surface area contributed by atoms with Crippen LogP contribution in [0.15, 0.2) is 42.5 Å². The van der Waals surface area contributed by atoms with Crippen molar-refractivity contribution < 1.29 is 29.0 Å². The Morgan fingerprint density at radius 2 is 1.69 bits per heavy atom.